The Labute approximate surface area is 395 Å². The summed E-state index contributed by atoms with van der Waals surface area (Å²) in [5.41, 5.74) is 11.5. The van der Waals surface area contributed by atoms with Gasteiger partial charge in [-0.3, -0.25) is 0 Å². The molecule has 0 aromatic heterocycles. The first kappa shape index (κ1) is 39.4. The highest BCUT2D eigenvalue weighted by Crippen LogP contribution is 2.52. The number of para-hydroxylation sites is 3. The van der Waals surface area contributed by atoms with E-state index < -0.39 is 0 Å². The normalized spacial score (nSPS) is 11.5. The zero-order chi connectivity index (χ0) is 45.0. The number of benzene rings is 13. The van der Waals surface area contributed by atoms with Crippen molar-refractivity contribution in [2.24, 2.45) is 0 Å². The van der Waals surface area contributed by atoms with Crippen LogP contribution in [0.1, 0.15) is 0 Å². The van der Waals surface area contributed by atoms with Crippen molar-refractivity contribution < 1.29 is 0 Å². The van der Waals surface area contributed by atoms with Crippen LogP contribution >= 0.6 is 0 Å². The minimum Gasteiger partial charge on any atom is -0.309 e. The predicted octanol–water partition coefficient (Wildman–Crippen LogP) is 18.9. The molecular formula is C66H44N2. The van der Waals surface area contributed by atoms with E-state index >= 15 is 0 Å². The molecule has 2 heteroatoms. The van der Waals surface area contributed by atoms with Crippen molar-refractivity contribution in [3.8, 4) is 22.3 Å². The van der Waals surface area contributed by atoms with Crippen molar-refractivity contribution >= 4 is 98.8 Å². The van der Waals surface area contributed by atoms with Gasteiger partial charge in [-0.15, -0.1) is 0 Å². The molecule has 0 atom stereocenters. The largest absolute Gasteiger partial charge is 0.309 e. The Morgan fingerprint density at radius 3 is 0.941 bits per heavy atom. The second-order valence-electron chi connectivity index (χ2n) is 17.6. The van der Waals surface area contributed by atoms with Crippen molar-refractivity contribution in [2.75, 3.05) is 9.80 Å². The quantitative estimate of drug-likeness (QED) is 0.111. The number of hydrogen-bond donors (Lipinski definition) is 0. The van der Waals surface area contributed by atoms with Crippen LogP contribution in [-0.4, -0.2) is 0 Å². The maximum absolute atomic E-state index is 2.50. The van der Waals surface area contributed by atoms with E-state index in [0.29, 0.717) is 0 Å². The van der Waals surface area contributed by atoms with E-state index in [4.69, 9.17) is 0 Å². The minimum absolute atomic E-state index is 1.08. The van der Waals surface area contributed by atoms with Crippen LogP contribution in [0.2, 0.25) is 0 Å². The van der Waals surface area contributed by atoms with Gasteiger partial charge in [0.2, 0.25) is 0 Å². The zero-order valence-corrected chi connectivity index (χ0v) is 37.3. The molecule has 2 nitrogen and oxygen atoms in total. The molecule has 0 N–H and O–H groups in total. The molecule has 0 radical (unpaired) electrons. The average Bonchev–Trinajstić information content (AvgIpc) is 3.41. The summed E-state index contributed by atoms with van der Waals surface area (Å²) in [6.07, 6.45) is 0. The summed E-state index contributed by atoms with van der Waals surface area (Å²) in [6.45, 7) is 0. The number of rotatable bonds is 8. The van der Waals surface area contributed by atoms with E-state index in [2.05, 4.69) is 277 Å². The highest BCUT2D eigenvalue weighted by Gasteiger charge is 2.26. The van der Waals surface area contributed by atoms with Gasteiger partial charge in [-0.1, -0.05) is 206 Å². The van der Waals surface area contributed by atoms with Crippen molar-refractivity contribution in [2.45, 2.75) is 0 Å². The lowest BCUT2D eigenvalue weighted by atomic mass is 9.85. The van der Waals surface area contributed by atoms with Crippen LogP contribution in [0.25, 0.3) is 86.9 Å². The van der Waals surface area contributed by atoms with Crippen LogP contribution in [0.15, 0.2) is 267 Å². The molecule has 0 bridgehead atoms. The molecule has 0 amide bonds. The summed E-state index contributed by atoms with van der Waals surface area (Å²) in [6, 6.07) is 97.8. The number of anilines is 6. The maximum atomic E-state index is 2.50. The second-order valence-corrected chi connectivity index (χ2v) is 17.6. The van der Waals surface area contributed by atoms with Gasteiger partial charge in [0, 0.05) is 44.3 Å². The van der Waals surface area contributed by atoms with Gasteiger partial charge in [-0.05, 0) is 126 Å². The summed E-state index contributed by atoms with van der Waals surface area (Å²) in [5.74, 6) is 0. The fraction of sp³-hybridized carbons (Fsp3) is 0. The van der Waals surface area contributed by atoms with Gasteiger partial charge in [-0.25, -0.2) is 0 Å². The maximum Gasteiger partial charge on any atom is 0.0619 e. The first-order valence-corrected chi connectivity index (χ1v) is 23.4. The second kappa shape index (κ2) is 16.5. The van der Waals surface area contributed by atoms with Crippen molar-refractivity contribution in [1.29, 1.82) is 0 Å². The van der Waals surface area contributed by atoms with Gasteiger partial charge in [0.1, 0.15) is 0 Å². The third kappa shape index (κ3) is 6.57. The summed E-state index contributed by atoms with van der Waals surface area (Å²) in [5, 5.41) is 14.4. The molecule has 318 valence electrons. The van der Waals surface area contributed by atoms with Crippen molar-refractivity contribution in [3.05, 3.63) is 267 Å². The summed E-state index contributed by atoms with van der Waals surface area (Å²) in [7, 11) is 0. The highest BCUT2D eigenvalue weighted by atomic mass is 15.2. The summed E-state index contributed by atoms with van der Waals surface area (Å²) in [4.78, 5) is 4.92. The van der Waals surface area contributed by atoms with Crippen LogP contribution in [0.5, 0.6) is 0 Å². The molecule has 13 aromatic rings. The van der Waals surface area contributed by atoms with Crippen LogP contribution in [-0.2, 0) is 0 Å². The lowest BCUT2D eigenvalue weighted by molar-refractivity contribution is 1.30. The standard InChI is InChI=1S/C66H44N2/c1-4-24-51(25-5-1)67(52-26-6-2-7-27-52)65-58-32-16-18-34-60(58)66(61-35-19-17-33-59(61)65)68(53-28-8-3-9-29-53)54-40-41-57-62(44-54)64(50-39-37-46-21-11-13-23-48(46)43-50)56-31-15-14-30-55(56)63(57)49-38-36-45-20-10-12-22-47(45)42-49/h1-44H. The molecule has 0 aliphatic rings. The number of fused-ring (bicyclic) bond motifs is 6. The van der Waals surface area contributed by atoms with Gasteiger partial charge >= 0.3 is 0 Å². The van der Waals surface area contributed by atoms with E-state index in [1.165, 1.54) is 65.3 Å². The molecule has 0 unspecified atom stereocenters. The number of hydrogen-bond acceptors (Lipinski definition) is 2. The van der Waals surface area contributed by atoms with Gasteiger partial charge in [0.05, 0.1) is 11.4 Å². The monoisotopic (exact) mass is 864 g/mol. The molecule has 0 saturated heterocycles. The summed E-state index contributed by atoms with van der Waals surface area (Å²) >= 11 is 0. The molecule has 0 saturated carbocycles. The topological polar surface area (TPSA) is 6.48 Å². The van der Waals surface area contributed by atoms with Gasteiger partial charge < -0.3 is 9.80 Å². The molecular weight excluding hydrogens is 821 g/mol. The lowest BCUT2D eigenvalue weighted by Gasteiger charge is -2.33. The van der Waals surface area contributed by atoms with E-state index in [1.54, 1.807) is 0 Å². The molecule has 0 fully saturated rings. The van der Waals surface area contributed by atoms with Gasteiger partial charge in [0.25, 0.3) is 0 Å². The Bertz CT molecular complexity index is 3930. The molecule has 0 spiro atoms. The Hall–Kier alpha value is -8.98. The smallest absolute Gasteiger partial charge is 0.0619 e. The molecule has 0 heterocycles. The number of nitrogens with zero attached hydrogens (tertiary/aromatic N) is 2. The fourth-order valence-electron chi connectivity index (χ4n) is 10.7. The lowest BCUT2D eigenvalue weighted by Crippen LogP contribution is -2.14. The van der Waals surface area contributed by atoms with Crippen LogP contribution in [0, 0.1) is 0 Å². The van der Waals surface area contributed by atoms with Gasteiger partial charge in [0.15, 0.2) is 0 Å². The van der Waals surface area contributed by atoms with Crippen molar-refractivity contribution in [1.82, 2.24) is 0 Å². The van der Waals surface area contributed by atoms with Crippen LogP contribution in [0.4, 0.5) is 34.1 Å². The third-order valence-electron chi connectivity index (χ3n) is 13.7. The van der Waals surface area contributed by atoms with E-state index in [0.717, 1.165) is 55.7 Å². The Morgan fingerprint density at radius 2 is 0.515 bits per heavy atom. The SMILES string of the molecule is c1ccc(N(c2ccccc2)c2c3ccccc3c(N(c3ccccc3)c3ccc4c(-c5ccc6ccccc6c5)c5ccccc5c(-c5ccc6ccccc6c5)c4c3)c3ccccc23)cc1. The predicted molar refractivity (Wildman–Crippen MR) is 292 cm³/mol. The molecule has 68 heavy (non-hydrogen) atoms. The minimum atomic E-state index is 1.08. The zero-order valence-electron chi connectivity index (χ0n) is 37.3. The first-order valence-electron chi connectivity index (χ1n) is 23.4. The van der Waals surface area contributed by atoms with E-state index in [-0.39, 0.29) is 0 Å². The molecule has 13 rings (SSSR count). The van der Waals surface area contributed by atoms with Gasteiger partial charge in [-0.2, -0.15) is 0 Å². The highest BCUT2D eigenvalue weighted by molar-refractivity contribution is 6.25. The average molecular weight is 865 g/mol. The third-order valence-corrected chi connectivity index (χ3v) is 13.7. The Balaban J connectivity index is 1.14. The summed E-state index contributed by atoms with van der Waals surface area (Å²) < 4.78 is 0. The first-order chi connectivity index (χ1) is 33.8. The van der Waals surface area contributed by atoms with Crippen LogP contribution < -0.4 is 9.80 Å². The van der Waals surface area contributed by atoms with Crippen LogP contribution in [0.3, 0.4) is 0 Å². The van der Waals surface area contributed by atoms with Crippen molar-refractivity contribution in [3.63, 3.8) is 0 Å². The molecule has 0 aliphatic heterocycles. The molecule has 0 aliphatic carbocycles. The Morgan fingerprint density at radius 1 is 0.191 bits per heavy atom. The van der Waals surface area contributed by atoms with E-state index in [9.17, 15) is 0 Å². The Kier molecular flexibility index (Phi) is 9.54. The fourth-order valence-corrected chi connectivity index (χ4v) is 10.7. The molecule has 13 aromatic carbocycles. The van der Waals surface area contributed by atoms with E-state index in [1.807, 2.05) is 0 Å².